The lowest BCUT2D eigenvalue weighted by atomic mass is 10.0. The Balaban J connectivity index is 0.000000172. The molecule has 2 aromatic carbocycles. The molecule has 0 saturated heterocycles. The van der Waals surface area contributed by atoms with Gasteiger partial charge in [-0.25, -0.2) is 0 Å². The number of phenolic OH excluding ortho intramolecular Hbond substituents is 3. The van der Waals surface area contributed by atoms with Gasteiger partial charge in [-0.2, -0.15) is 0 Å². The Morgan fingerprint density at radius 1 is 1.05 bits per heavy atom. The first-order valence-corrected chi connectivity index (χ1v) is 6.55. The van der Waals surface area contributed by atoms with Gasteiger partial charge >= 0.3 is 0 Å². The zero-order valence-electron chi connectivity index (χ0n) is 11.9. The normalized spacial score (nSPS) is 16.1. The molecule has 0 aromatic heterocycles. The molecule has 1 heterocycles. The highest BCUT2D eigenvalue weighted by Gasteiger charge is 2.26. The van der Waals surface area contributed by atoms with Crippen LogP contribution in [0.25, 0.3) is 0 Å². The molecular formula is C16H16O6. The van der Waals surface area contributed by atoms with Gasteiger partial charge in [0.1, 0.15) is 18.1 Å². The van der Waals surface area contributed by atoms with Crippen molar-refractivity contribution in [1.82, 2.24) is 0 Å². The number of aromatic hydroxyl groups is 3. The van der Waals surface area contributed by atoms with E-state index in [4.69, 9.17) is 25.2 Å². The van der Waals surface area contributed by atoms with Crippen molar-refractivity contribution in [2.75, 3.05) is 6.61 Å². The molecule has 0 amide bonds. The van der Waals surface area contributed by atoms with Crippen LogP contribution in [0.2, 0.25) is 0 Å². The molecule has 6 heteroatoms. The molecule has 0 spiro atoms. The number of aryl methyl sites for hydroxylation is 1. The summed E-state index contributed by atoms with van der Waals surface area (Å²) in [6, 6.07) is 8.89. The summed E-state index contributed by atoms with van der Waals surface area (Å²) in [5, 5.41) is 35.9. The maximum Gasteiger partial charge on any atom is 0.198 e. The minimum atomic E-state index is -1.09. The van der Waals surface area contributed by atoms with Gasteiger partial charge in [-0.1, -0.05) is 6.07 Å². The van der Waals surface area contributed by atoms with E-state index in [1.54, 1.807) is 6.07 Å². The topological polar surface area (TPSA) is 107 Å². The number of fused-ring (bicyclic) bond motifs is 1. The fourth-order valence-electron chi connectivity index (χ4n) is 1.89. The van der Waals surface area contributed by atoms with Crippen LogP contribution in [0.4, 0.5) is 0 Å². The van der Waals surface area contributed by atoms with E-state index in [0.29, 0.717) is 11.3 Å². The molecule has 116 valence electrons. The number of aliphatic hydroxyl groups excluding tert-OH is 1. The number of phenols is 3. The SMILES string of the molecule is Cc1ccc(O)c(O)c1.O=C1c2ccc(O)cc2OCC1O. The van der Waals surface area contributed by atoms with Crippen LogP contribution in [-0.2, 0) is 0 Å². The Morgan fingerprint density at radius 2 is 1.77 bits per heavy atom. The van der Waals surface area contributed by atoms with Gasteiger partial charge in [0.2, 0.25) is 0 Å². The highest BCUT2D eigenvalue weighted by Crippen LogP contribution is 2.28. The lowest BCUT2D eigenvalue weighted by Gasteiger charge is -2.20. The van der Waals surface area contributed by atoms with Crippen molar-refractivity contribution in [3.63, 3.8) is 0 Å². The third-order valence-electron chi connectivity index (χ3n) is 3.06. The molecule has 1 unspecified atom stereocenters. The second-order valence-electron chi connectivity index (χ2n) is 4.86. The van der Waals surface area contributed by atoms with Crippen molar-refractivity contribution in [1.29, 1.82) is 0 Å². The van der Waals surface area contributed by atoms with Gasteiger partial charge in [-0.3, -0.25) is 4.79 Å². The predicted molar refractivity (Wildman–Crippen MR) is 78.4 cm³/mol. The molecular weight excluding hydrogens is 288 g/mol. The fourth-order valence-corrected chi connectivity index (χ4v) is 1.89. The maximum absolute atomic E-state index is 11.3. The number of Topliss-reactive ketones (excluding diaryl/α,β-unsaturated/α-hetero) is 1. The molecule has 1 aliphatic heterocycles. The van der Waals surface area contributed by atoms with Gasteiger partial charge in [0, 0.05) is 6.07 Å². The number of benzene rings is 2. The van der Waals surface area contributed by atoms with E-state index in [-0.39, 0.29) is 29.6 Å². The first-order chi connectivity index (χ1) is 10.4. The monoisotopic (exact) mass is 304 g/mol. The molecule has 1 atom stereocenters. The number of ether oxygens (including phenoxy) is 1. The van der Waals surface area contributed by atoms with Gasteiger partial charge in [0.15, 0.2) is 23.4 Å². The van der Waals surface area contributed by atoms with Crippen LogP contribution in [-0.4, -0.2) is 38.9 Å². The van der Waals surface area contributed by atoms with Gasteiger partial charge in [0.05, 0.1) is 5.56 Å². The smallest absolute Gasteiger partial charge is 0.198 e. The second-order valence-corrected chi connectivity index (χ2v) is 4.86. The zero-order chi connectivity index (χ0) is 16.3. The summed E-state index contributed by atoms with van der Waals surface area (Å²) in [5.74, 6) is -0.116. The Morgan fingerprint density at radius 3 is 2.41 bits per heavy atom. The molecule has 2 aromatic rings. The first-order valence-electron chi connectivity index (χ1n) is 6.55. The maximum atomic E-state index is 11.3. The van der Waals surface area contributed by atoms with Crippen molar-refractivity contribution in [2.45, 2.75) is 13.0 Å². The third-order valence-corrected chi connectivity index (χ3v) is 3.06. The lowest BCUT2D eigenvalue weighted by Crippen LogP contribution is -2.32. The van der Waals surface area contributed by atoms with Crippen molar-refractivity contribution in [3.8, 4) is 23.0 Å². The quantitative estimate of drug-likeness (QED) is 0.552. The van der Waals surface area contributed by atoms with Gasteiger partial charge < -0.3 is 25.2 Å². The molecule has 6 nitrogen and oxygen atoms in total. The highest BCUT2D eigenvalue weighted by atomic mass is 16.5. The molecule has 0 radical (unpaired) electrons. The van der Waals surface area contributed by atoms with E-state index >= 15 is 0 Å². The van der Waals surface area contributed by atoms with Gasteiger partial charge in [0.25, 0.3) is 0 Å². The standard InChI is InChI=1S/C9H8O4.C7H8O2/c10-5-1-2-6-8(3-5)13-4-7(11)9(6)12;1-5-2-3-6(8)7(9)4-5/h1-3,7,10-11H,4H2;2-4,8-9H,1H3. The Bertz CT molecular complexity index is 695. The summed E-state index contributed by atoms with van der Waals surface area (Å²) >= 11 is 0. The van der Waals surface area contributed by atoms with Crippen LogP contribution in [0.5, 0.6) is 23.0 Å². The van der Waals surface area contributed by atoms with E-state index < -0.39 is 6.10 Å². The minimum Gasteiger partial charge on any atom is -0.508 e. The van der Waals surface area contributed by atoms with E-state index in [2.05, 4.69) is 0 Å². The van der Waals surface area contributed by atoms with E-state index in [1.807, 2.05) is 6.92 Å². The van der Waals surface area contributed by atoms with Gasteiger partial charge in [-0.15, -0.1) is 0 Å². The molecule has 3 rings (SSSR count). The predicted octanol–water partition coefficient (Wildman–Crippen LogP) is 1.73. The van der Waals surface area contributed by atoms with E-state index in [0.717, 1.165) is 5.56 Å². The number of carbonyl (C=O) groups excluding carboxylic acids is 1. The Hall–Kier alpha value is -2.73. The largest absolute Gasteiger partial charge is 0.508 e. The Kier molecular flexibility index (Phi) is 4.53. The molecule has 0 bridgehead atoms. The molecule has 0 fully saturated rings. The van der Waals surface area contributed by atoms with Crippen LogP contribution in [0.15, 0.2) is 36.4 Å². The molecule has 4 N–H and O–H groups in total. The van der Waals surface area contributed by atoms with Crippen LogP contribution in [0, 0.1) is 6.92 Å². The summed E-state index contributed by atoms with van der Waals surface area (Å²) in [7, 11) is 0. The zero-order valence-corrected chi connectivity index (χ0v) is 11.9. The van der Waals surface area contributed by atoms with E-state index in [9.17, 15) is 4.79 Å². The number of rotatable bonds is 0. The summed E-state index contributed by atoms with van der Waals surface area (Å²) in [6.45, 7) is 1.80. The summed E-state index contributed by atoms with van der Waals surface area (Å²) < 4.78 is 5.06. The molecule has 0 saturated carbocycles. The summed E-state index contributed by atoms with van der Waals surface area (Å²) in [6.07, 6.45) is -1.09. The average Bonchev–Trinajstić information content (AvgIpc) is 2.48. The lowest BCUT2D eigenvalue weighted by molar-refractivity contribution is 0.0557. The fraction of sp³-hybridized carbons (Fsp3) is 0.188. The third kappa shape index (κ3) is 3.48. The minimum absolute atomic E-state index is 0.0444. The molecule has 1 aliphatic rings. The molecule has 0 aliphatic carbocycles. The number of hydrogen-bond donors (Lipinski definition) is 4. The van der Waals surface area contributed by atoms with Gasteiger partial charge in [-0.05, 0) is 36.8 Å². The van der Waals surface area contributed by atoms with Crippen molar-refractivity contribution in [3.05, 3.63) is 47.5 Å². The molecule has 22 heavy (non-hydrogen) atoms. The first kappa shape index (κ1) is 15.7. The Labute approximate surface area is 126 Å². The van der Waals surface area contributed by atoms with Crippen LogP contribution in [0.1, 0.15) is 15.9 Å². The average molecular weight is 304 g/mol. The number of ketones is 1. The van der Waals surface area contributed by atoms with Crippen molar-refractivity contribution < 1.29 is 30.0 Å². The van der Waals surface area contributed by atoms with E-state index in [1.165, 1.54) is 30.3 Å². The van der Waals surface area contributed by atoms with Crippen LogP contribution in [0.3, 0.4) is 0 Å². The van der Waals surface area contributed by atoms with Crippen LogP contribution >= 0.6 is 0 Å². The summed E-state index contributed by atoms with van der Waals surface area (Å²) in [5.41, 5.74) is 1.25. The van der Waals surface area contributed by atoms with Crippen molar-refractivity contribution >= 4 is 5.78 Å². The second kappa shape index (κ2) is 6.36. The number of aliphatic hydroxyl groups is 1. The number of hydrogen-bond acceptors (Lipinski definition) is 6. The highest BCUT2D eigenvalue weighted by molar-refractivity contribution is 6.02. The van der Waals surface area contributed by atoms with Crippen molar-refractivity contribution in [2.24, 2.45) is 0 Å². The summed E-state index contributed by atoms with van der Waals surface area (Å²) in [4.78, 5) is 11.3. The van der Waals surface area contributed by atoms with Crippen LogP contribution < -0.4 is 4.74 Å². The number of carbonyl (C=O) groups is 1.